The largest absolute Gasteiger partial charge is 0.379 e. The van der Waals surface area contributed by atoms with Crippen molar-refractivity contribution < 1.29 is 57.1 Å². The third kappa shape index (κ3) is 14.6. The zero-order valence-corrected chi connectivity index (χ0v) is 28.7. The molecular formula is C34H51N3O12. The number of fused-ring (bicyclic) bond motifs is 1. The Kier molecular flexibility index (Phi) is 19.0. The minimum atomic E-state index is -1.07. The normalized spacial score (nSPS) is 16.1. The number of carbonyl (C=O) groups is 5. The monoisotopic (exact) mass is 693 g/mol. The number of imide groups is 2. The number of hydrogen-bond acceptors (Lipinski definition) is 12. The van der Waals surface area contributed by atoms with E-state index in [1.807, 2.05) is 13.8 Å². The van der Waals surface area contributed by atoms with E-state index in [1.165, 1.54) is 6.07 Å². The number of benzene rings is 1. The predicted octanol–water partition coefficient (Wildman–Crippen LogP) is 2.11. The van der Waals surface area contributed by atoms with E-state index in [0.29, 0.717) is 92.3 Å². The summed E-state index contributed by atoms with van der Waals surface area (Å²) in [4.78, 5) is 63.4. The molecule has 2 heterocycles. The molecule has 49 heavy (non-hydrogen) atoms. The first-order chi connectivity index (χ1) is 23.8. The number of hydrogen-bond donors (Lipinski definition) is 2. The van der Waals surface area contributed by atoms with Gasteiger partial charge in [0.05, 0.1) is 102 Å². The number of anilines is 1. The Morgan fingerprint density at radius 3 is 1.86 bits per heavy atom. The van der Waals surface area contributed by atoms with Gasteiger partial charge in [0, 0.05) is 19.4 Å². The molecule has 2 aliphatic heterocycles. The summed E-state index contributed by atoms with van der Waals surface area (Å²) in [6, 6.07) is 3.54. The van der Waals surface area contributed by atoms with Gasteiger partial charge in [0.25, 0.3) is 11.8 Å². The van der Waals surface area contributed by atoms with Crippen LogP contribution in [0, 0.1) is 0 Å². The third-order valence-electron chi connectivity index (χ3n) is 7.47. The maximum Gasteiger partial charge on any atom is 0.264 e. The fraction of sp³-hybridized carbons (Fsp3) is 0.676. The summed E-state index contributed by atoms with van der Waals surface area (Å²) >= 11 is 0. The number of amides is 5. The van der Waals surface area contributed by atoms with Gasteiger partial charge in [0.2, 0.25) is 17.7 Å². The van der Waals surface area contributed by atoms with Crippen LogP contribution >= 0.6 is 0 Å². The molecule has 1 aromatic carbocycles. The molecule has 0 radical (unpaired) electrons. The van der Waals surface area contributed by atoms with Crippen molar-refractivity contribution in [2.24, 2.45) is 0 Å². The van der Waals surface area contributed by atoms with Gasteiger partial charge in [-0.1, -0.05) is 12.5 Å². The van der Waals surface area contributed by atoms with Crippen LogP contribution < -0.4 is 10.6 Å². The zero-order chi connectivity index (χ0) is 35.3. The molecule has 274 valence electrons. The van der Waals surface area contributed by atoms with Gasteiger partial charge in [0.15, 0.2) is 0 Å². The number of ether oxygens (including phenoxy) is 7. The number of unbranched alkanes of at least 4 members (excludes halogenated alkanes) is 2. The molecule has 0 bridgehead atoms. The molecule has 2 N–H and O–H groups in total. The summed E-state index contributed by atoms with van der Waals surface area (Å²) < 4.78 is 38.2. The molecule has 0 aliphatic carbocycles. The van der Waals surface area contributed by atoms with E-state index in [0.717, 1.165) is 17.7 Å². The van der Waals surface area contributed by atoms with E-state index in [2.05, 4.69) is 10.6 Å². The molecule has 15 heteroatoms. The van der Waals surface area contributed by atoms with Gasteiger partial charge in [-0.25, -0.2) is 0 Å². The van der Waals surface area contributed by atoms with Gasteiger partial charge in [0.1, 0.15) is 6.04 Å². The molecule has 0 spiro atoms. The first-order valence-electron chi connectivity index (χ1n) is 17.0. The van der Waals surface area contributed by atoms with Gasteiger partial charge < -0.3 is 38.5 Å². The van der Waals surface area contributed by atoms with Crippen molar-refractivity contribution in [2.75, 3.05) is 91.2 Å². The molecule has 1 fully saturated rings. The van der Waals surface area contributed by atoms with E-state index < -0.39 is 29.7 Å². The molecule has 0 aromatic heterocycles. The fourth-order valence-corrected chi connectivity index (χ4v) is 5.04. The van der Waals surface area contributed by atoms with Crippen LogP contribution in [0.4, 0.5) is 5.69 Å². The van der Waals surface area contributed by atoms with Crippen molar-refractivity contribution in [1.29, 1.82) is 0 Å². The lowest BCUT2D eigenvalue weighted by Crippen LogP contribution is -2.54. The first-order valence-corrected chi connectivity index (χ1v) is 17.0. The molecule has 3 rings (SSSR count). The van der Waals surface area contributed by atoms with Crippen LogP contribution in [0.15, 0.2) is 18.2 Å². The zero-order valence-electron chi connectivity index (χ0n) is 28.7. The van der Waals surface area contributed by atoms with Crippen LogP contribution in [-0.2, 0) is 47.5 Å². The average molecular weight is 694 g/mol. The van der Waals surface area contributed by atoms with E-state index in [-0.39, 0.29) is 48.1 Å². The Hall–Kier alpha value is -3.31. The highest BCUT2D eigenvalue weighted by atomic mass is 16.6. The smallest absolute Gasteiger partial charge is 0.264 e. The van der Waals surface area contributed by atoms with Crippen LogP contribution in [-0.4, -0.2) is 132 Å². The fourth-order valence-electron chi connectivity index (χ4n) is 5.04. The Morgan fingerprint density at radius 1 is 0.755 bits per heavy atom. The minimum absolute atomic E-state index is 0.0324. The number of piperidine rings is 1. The second-order valence-electron chi connectivity index (χ2n) is 11.6. The molecule has 1 unspecified atom stereocenters. The van der Waals surface area contributed by atoms with Crippen LogP contribution in [0.1, 0.15) is 73.1 Å². The van der Waals surface area contributed by atoms with Gasteiger partial charge >= 0.3 is 0 Å². The summed E-state index contributed by atoms with van der Waals surface area (Å²) in [5.41, 5.74) is 0.395. The van der Waals surface area contributed by atoms with Gasteiger partial charge in [-0.2, -0.15) is 0 Å². The molecule has 1 saturated heterocycles. The van der Waals surface area contributed by atoms with Crippen LogP contribution in [0.3, 0.4) is 0 Å². The minimum Gasteiger partial charge on any atom is -0.379 e. The summed E-state index contributed by atoms with van der Waals surface area (Å²) in [7, 11) is 0. The Bertz CT molecular complexity index is 1210. The average Bonchev–Trinajstić information content (AvgIpc) is 3.32. The summed E-state index contributed by atoms with van der Waals surface area (Å²) in [6.07, 6.45) is 2.70. The van der Waals surface area contributed by atoms with Crippen molar-refractivity contribution in [3.8, 4) is 0 Å². The number of nitrogens with one attached hydrogen (secondary N) is 2. The Morgan fingerprint density at radius 2 is 1.31 bits per heavy atom. The van der Waals surface area contributed by atoms with E-state index in [9.17, 15) is 24.0 Å². The van der Waals surface area contributed by atoms with Crippen molar-refractivity contribution in [3.05, 3.63) is 29.3 Å². The molecule has 0 saturated carbocycles. The quantitative estimate of drug-likeness (QED) is 0.102. The van der Waals surface area contributed by atoms with Gasteiger partial charge in [-0.05, 0) is 45.2 Å². The standard InChI is InChI=1S/C34H51N3O12/c1-25(2)49-24-23-48-22-21-47-20-19-46-18-17-45-16-15-44-14-13-43-12-5-3-4-9-29(38)35-27-8-6-7-26-31(27)34(42)37(33(26)41)28-10-11-30(39)36-32(28)40/h6-8,25,28H,3-5,9-24H2,1-2H3,(H,35,38)(H,36,39,40). The number of carbonyl (C=O) groups excluding carboxylic acids is 5. The lowest BCUT2D eigenvalue weighted by atomic mass is 10.0. The third-order valence-corrected chi connectivity index (χ3v) is 7.47. The highest BCUT2D eigenvalue weighted by Gasteiger charge is 2.45. The summed E-state index contributed by atoms with van der Waals surface area (Å²) in [5.74, 6) is -2.70. The van der Waals surface area contributed by atoms with Crippen molar-refractivity contribution in [1.82, 2.24) is 10.2 Å². The first kappa shape index (κ1) is 40.1. The Labute approximate surface area is 287 Å². The topological polar surface area (TPSA) is 177 Å². The lowest BCUT2D eigenvalue weighted by Gasteiger charge is -2.27. The van der Waals surface area contributed by atoms with Crippen LogP contribution in [0.2, 0.25) is 0 Å². The highest BCUT2D eigenvalue weighted by molar-refractivity contribution is 6.26. The maximum absolute atomic E-state index is 13.2. The van der Waals surface area contributed by atoms with E-state index in [1.54, 1.807) is 12.1 Å². The molecule has 2 aliphatic rings. The number of rotatable bonds is 27. The van der Waals surface area contributed by atoms with Gasteiger partial charge in [-0.3, -0.25) is 34.2 Å². The number of nitrogens with zero attached hydrogens (tertiary/aromatic N) is 1. The summed E-state index contributed by atoms with van der Waals surface area (Å²) in [5, 5.41) is 4.90. The highest BCUT2D eigenvalue weighted by Crippen LogP contribution is 2.32. The molecular weight excluding hydrogens is 642 g/mol. The van der Waals surface area contributed by atoms with Crippen molar-refractivity contribution in [3.63, 3.8) is 0 Å². The van der Waals surface area contributed by atoms with Crippen LogP contribution in [0.5, 0.6) is 0 Å². The van der Waals surface area contributed by atoms with E-state index in [4.69, 9.17) is 33.2 Å². The van der Waals surface area contributed by atoms with E-state index >= 15 is 0 Å². The second-order valence-corrected chi connectivity index (χ2v) is 11.6. The molecule has 15 nitrogen and oxygen atoms in total. The van der Waals surface area contributed by atoms with Gasteiger partial charge in [-0.15, -0.1) is 0 Å². The Balaban J connectivity index is 1.12. The second kappa shape index (κ2) is 23.2. The predicted molar refractivity (Wildman–Crippen MR) is 176 cm³/mol. The summed E-state index contributed by atoms with van der Waals surface area (Å²) in [6.45, 7) is 10.5. The SMILES string of the molecule is CC(C)OCCOCCOCCOCCOCCOCCOCCCCCC(=O)Nc1cccc2c1C(=O)N(C1CCC(=O)NC1=O)C2=O. The van der Waals surface area contributed by atoms with Crippen molar-refractivity contribution >= 4 is 35.2 Å². The van der Waals surface area contributed by atoms with Crippen LogP contribution in [0.25, 0.3) is 0 Å². The maximum atomic E-state index is 13.2. The molecule has 1 aromatic rings. The molecule has 5 amide bonds. The lowest BCUT2D eigenvalue weighted by molar-refractivity contribution is -0.136. The van der Waals surface area contributed by atoms with Crippen molar-refractivity contribution in [2.45, 2.75) is 64.5 Å². The molecule has 1 atom stereocenters.